The molecule has 0 amide bonds. The maximum Gasteiger partial charge on any atom is 0.164 e. The third-order valence-corrected chi connectivity index (χ3v) is 6.34. The largest absolute Gasteiger partial charge is 0.392 e. The van der Waals surface area contributed by atoms with Crippen molar-refractivity contribution in [3.63, 3.8) is 0 Å². The molecule has 118 valence electrons. The van der Waals surface area contributed by atoms with Gasteiger partial charge in [0.2, 0.25) is 0 Å². The van der Waals surface area contributed by atoms with E-state index in [-0.39, 0.29) is 22.5 Å². The van der Waals surface area contributed by atoms with Gasteiger partial charge in [-0.3, -0.25) is 4.79 Å². The Bertz CT molecular complexity index is 656. The number of carbonyl (C=O) groups is 1. The lowest BCUT2D eigenvalue weighted by atomic mass is 9.49. The molecule has 3 rings (SSSR count). The van der Waals surface area contributed by atoms with Gasteiger partial charge in [-0.2, -0.15) is 0 Å². The van der Waals surface area contributed by atoms with Crippen molar-refractivity contribution in [2.75, 3.05) is 0 Å². The van der Waals surface area contributed by atoms with Gasteiger partial charge in [-0.25, -0.2) is 0 Å². The van der Waals surface area contributed by atoms with Crippen LogP contribution in [0.3, 0.4) is 0 Å². The van der Waals surface area contributed by atoms with E-state index in [0.29, 0.717) is 6.42 Å². The van der Waals surface area contributed by atoms with Crippen LogP contribution in [0.5, 0.6) is 0 Å². The van der Waals surface area contributed by atoms with Crippen LogP contribution in [0.1, 0.15) is 67.1 Å². The number of hydrogen-bond donors (Lipinski definition) is 1. The highest BCUT2D eigenvalue weighted by atomic mass is 16.3. The van der Waals surface area contributed by atoms with Gasteiger partial charge in [0.25, 0.3) is 0 Å². The fraction of sp³-hybridized carbons (Fsp3) is 0.550. The molecular weight excluding hydrogens is 272 g/mol. The molecule has 0 unspecified atom stereocenters. The summed E-state index contributed by atoms with van der Waals surface area (Å²) in [7, 11) is 0. The van der Waals surface area contributed by atoms with Crippen LogP contribution in [0.15, 0.2) is 18.7 Å². The predicted octanol–water partition coefficient (Wildman–Crippen LogP) is 4.28. The van der Waals surface area contributed by atoms with Crippen molar-refractivity contribution in [3.05, 3.63) is 41.0 Å². The Morgan fingerprint density at radius 1 is 1.32 bits per heavy atom. The van der Waals surface area contributed by atoms with E-state index in [1.54, 1.807) is 6.08 Å². The summed E-state index contributed by atoms with van der Waals surface area (Å²) in [4.78, 5) is 12.9. The van der Waals surface area contributed by atoms with E-state index in [2.05, 4.69) is 39.5 Å². The monoisotopic (exact) mass is 298 g/mol. The van der Waals surface area contributed by atoms with Crippen molar-refractivity contribution in [1.82, 2.24) is 0 Å². The van der Waals surface area contributed by atoms with Crippen LogP contribution < -0.4 is 0 Å². The molecule has 1 fully saturated rings. The van der Waals surface area contributed by atoms with E-state index in [1.165, 1.54) is 0 Å². The average molecular weight is 298 g/mol. The van der Waals surface area contributed by atoms with Crippen molar-refractivity contribution in [2.45, 2.75) is 58.5 Å². The summed E-state index contributed by atoms with van der Waals surface area (Å²) in [6.07, 6.45) is 3.69. The molecule has 1 aromatic rings. The number of aryl methyl sites for hydroxylation is 1. The molecule has 0 heterocycles. The minimum atomic E-state index is -0.391. The summed E-state index contributed by atoms with van der Waals surface area (Å²) >= 11 is 0. The van der Waals surface area contributed by atoms with Gasteiger partial charge < -0.3 is 5.11 Å². The van der Waals surface area contributed by atoms with E-state index in [4.69, 9.17) is 0 Å². The van der Waals surface area contributed by atoms with E-state index < -0.39 is 6.10 Å². The number of rotatable bonds is 1. The molecule has 2 aliphatic carbocycles. The molecule has 2 aliphatic rings. The van der Waals surface area contributed by atoms with Crippen LogP contribution in [-0.4, -0.2) is 17.0 Å². The highest BCUT2D eigenvalue weighted by Gasteiger charge is 2.56. The number of ketones is 1. The molecule has 2 nitrogen and oxygen atoms in total. The fourth-order valence-electron chi connectivity index (χ4n) is 4.91. The van der Waals surface area contributed by atoms with Crippen LogP contribution >= 0.6 is 0 Å². The SMILES string of the molecule is C=Cc1c(C)ccc2c1C(=O)C[C@@H]1C(C)(C)CC[C@H](O)[C@@]21C. The van der Waals surface area contributed by atoms with Crippen molar-refractivity contribution in [3.8, 4) is 0 Å². The summed E-state index contributed by atoms with van der Waals surface area (Å²) in [5.41, 5.74) is 3.56. The molecule has 0 radical (unpaired) electrons. The summed E-state index contributed by atoms with van der Waals surface area (Å²) in [5.74, 6) is 0.391. The maximum absolute atomic E-state index is 12.9. The van der Waals surface area contributed by atoms with E-state index in [9.17, 15) is 9.90 Å². The highest BCUT2D eigenvalue weighted by Crippen LogP contribution is 2.57. The molecule has 3 atom stereocenters. The normalized spacial score (nSPS) is 33.0. The predicted molar refractivity (Wildman–Crippen MR) is 90.1 cm³/mol. The van der Waals surface area contributed by atoms with E-state index in [1.807, 2.05) is 6.92 Å². The minimum Gasteiger partial charge on any atom is -0.392 e. The van der Waals surface area contributed by atoms with Crippen LogP contribution in [0.4, 0.5) is 0 Å². The molecule has 1 N–H and O–H groups in total. The number of fused-ring (bicyclic) bond motifs is 3. The van der Waals surface area contributed by atoms with Gasteiger partial charge in [0.1, 0.15) is 0 Å². The van der Waals surface area contributed by atoms with Crippen molar-refractivity contribution in [1.29, 1.82) is 0 Å². The molecule has 0 aliphatic heterocycles. The zero-order valence-corrected chi connectivity index (χ0v) is 14.1. The second kappa shape index (κ2) is 4.79. The van der Waals surface area contributed by atoms with Gasteiger partial charge in [0.15, 0.2) is 5.78 Å². The Kier molecular flexibility index (Phi) is 3.37. The fourth-order valence-corrected chi connectivity index (χ4v) is 4.91. The highest BCUT2D eigenvalue weighted by molar-refractivity contribution is 6.03. The van der Waals surface area contributed by atoms with Crippen molar-refractivity contribution in [2.24, 2.45) is 11.3 Å². The average Bonchev–Trinajstić information content (AvgIpc) is 2.46. The van der Waals surface area contributed by atoms with E-state index in [0.717, 1.165) is 35.1 Å². The number of benzene rings is 1. The quantitative estimate of drug-likeness (QED) is 0.840. The van der Waals surface area contributed by atoms with Gasteiger partial charge >= 0.3 is 0 Å². The lowest BCUT2D eigenvalue weighted by molar-refractivity contribution is -0.0544. The van der Waals surface area contributed by atoms with Crippen LogP contribution in [0.2, 0.25) is 0 Å². The standard InChI is InChI=1S/C20H26O2/c1-6-13-12(2)7-8-14-18(13)15(21)11-16-19(3,4)10-9-17(22)20(14,16)5/h6-8,16-17,22H,1,9-11H2,2-5H3/t16-,17+,20+/m1/s1. The third-order valence-electron chi connectivity index (χ3n) is 6.34. The second-order valence-electron chi connectivity index (χ2n) is 7.93. The van der Waals surface area contributed by atoms with Crippen molar-refractivity contribution < 1.29 is 9.90 Å². The summed E-state index contributed by atoms with van der Waals surface area (Å²) in [6, 6.07) is 4.12. The molecule has 0 spiro atoms. The smallest absolute Gasteiger partial charge is 0.164 e. The van der Waals surface area contributed by atoms with Crippen molar-refractivity contribution >= 4 is 11.9 Å². The number of carbonyl (C=O) groups excluding carboxylic acids is 1. The first-order valence-corrected chi connectivity index (χ1v) is 8.21. The number of aliphatic hydroxyl groups is 1. The lowest BCUT2D eigenvalue weighted by Gasteiger charge is -2.56. The van der Waals surface area contributed by atoms with Gasteiger partial charge in [-0.05, 0) is 47.8 Å². The zero-order valence-electron chi connectivity index (χ0n) is 14.1. The summed E-state index contributed by atoms with van der Waals surface area (Å²) in [6.45, 7) is 12.5. The zero-order chi connectivity index (χ0) is 16.3. The number of hydrogen-bond acceptors (Lipinski definition) is 2. The van der Waals surface area contributed by atoms with Crippen LogP contribution in [-0.2, 0) is 5.41 Å². The van der Waals surface area contributed by atoms with E-state index >= 15 is 0 Å². The lowest BCUT2D eigenvalue weighted by Crippen LogP contribution is -2.56. The Hall–Kier alpha value is -1.41. The Morgan fingerprint density at radius 2 is 2.00 bits per heavy atom. The third kappa shape index (κ3) is 1.86. The first-order valence-electron chi connectivity index (χ1n) is 8.21. The minimum absolute atomic E-state index is 0.0700. The van der Waals surface area contributed by atoms with Gasteiger partial charge in [-0.15, -0.1) is 0 Å². The Balaban J connectivity index is 2.31. The van der Waals surface area contributed by atoms with Crippen LogP contribution in [0.25, 0.3) is 6.08 Å². The number of Topliss-reactive ketones (excluding diaryl/α,β-unsaturated/α-hetero) is 1. The van der Waals surface area contributed by atoms with Gasteiger partial charge in [-0.1, -0.05) is 45.6 Å². The molecule has 0 aromatic heterocycles. The van der Waals surface area contributed by atoms with Gasteiger partial charge in [0.05, 0.1) is 6.10 Å². The first-order chi connectivity index (χ1) is 10.2. The molecule has 0 saturated heterocycles. The Morgan fingerprint density at radius 3 is 2.64 bits per heavy atom. The number of aliphatic hydroxyl groups excluding tert-OH is 1. The maximum atomic E-state index is 12.9. The summed E-state index contributed by atoms with van der Waals surface area (Å²) < 4.78 is 0. The van der Waals surface area contributed by atoms with Gasteiger partial charge in [0, 0.05) is 17.4 Å². The van der Waals surface area contributed by atoms with Crippen LogP contribution in [0, 0.1) is 18.3 Å². The summed E-state index contributed by atoms with van der Waals surface area (Å²) in [5, 5.41) is 10.8. The topological polar surface area (TPSA) is 37.3 Å². The Labute approximate surface area is 133 Å². The molecule has 0 bridgehead atoms. The first kappa shape index (κ1) is 15.5. The molecule has 1 aromatic carbocycles. The molecular formula is C20H26O2. The second-order valence-corrected chi connectivity index (χ2v) is 7.93. The molecule has 2 heteroatoms. The molecule has 1 saturated carbocycles. The molecule has 22 heavy (non-hydrogen) atoms.